The third kappa shape index (κ3) is 3.11. The highest BCUT2D eigenvalue weighted by Gasteiger charge is 2.15. The highest BCUT2D eigenvalue weighted by atomic mass is 35.5. The number of methoxy groups -OCH3 is 2. The maximum atomic E-state index is 6.41. The molecule has 1 aromatic carbocycles. The quantitative estimate of drug-likeness (QED) is 0.355. The number of nitrogens with zero attached hydrogens (tertiary/aromatic N) is 2. The Morgan fingerprint density at radius 2 is 1.96 bits per heavy atom. The lowest BCUT2D eigenvalue weighted by Crippen LogP contribution is -1.91. The van der Waals surface area contributed by atoms with Gasteiger partial charge >= 0.3 is 0 Å². The second-order valence-electron chi connectivity index (χ2n) is 4.63. The van der Waals surface area contributed by atoms with Gasteiger partial charge in [-0.2, -0.15) is 0 Å². The van der Waals surface area contributed by atoms with Crippen molar-refractivity contribution in [3.05, 3.63) is 28.7 Å². The Hall–Kier alpha value is -1.50. The van der Waals surface area contributed by atoms with Crippen molar-refractivity contribution in [3.8, 4) is 22.6 Å². The Bertz CT molecular complexity index is 851. The van der Waals surface area contributed by atoms with E-state index in [9.17, 15) is 0 Å². The van der Waals surface area contributed by atoms with Gasteiger partial charge in [0.05, 0.1) is 19.6 Å². The van der Waals surface area contributed by atoms with E-state index in [1.807, 2.05) is 23.6 Å². The van der Waals surface area contributed by atoms with Crippen LogP contribution in [0.3, 0.4) is 0 Å². The van der Waals surface area contributed by atoms with E-state index in [0.717, 1.165) is 27.1 Å². The second kappa shape index (κ2) is 6.95. The van der Waals surface area contributed by atoms with E-state index >= 15 is 0 Å². The van der Waals surface area contributed by atoms with Gasteiger partial charge in [-0.25, -0.2) is 9.97 Å². The minimum atomic E-state index is 0.483. The van der Waals surface area contributed by atoms with Gasteiger partial charge in [0.25, 0.3) is 0 Å². The summed E-state index contributed by atoms with van der Waals surface area (Å²) in [6.07, 6.45) is 0. The van der Waals surface area contributed by atoms with Crippen LogP contribution in [-0.2, 0) is 0 Å². The van der Waals surface area contributed by atoms with Crippen molar-refractivity contribution >= 4 is 44.9 Å². The molecule has 0 amide bonds. The van der Waals surface area contributed by atoms with Crippen LogP contribution in [0.4, 0.5) is 0 Å². The maximum absolute atomic E-state index is 6.41. The molecule has 0 aliphatic heterocycles. The average Bonchev–Trinajstić information content (AvgIpc) is 2.99. The molecule has 2 aromatic heterocycles. The van der Waals surface area contributed by atoms with E-state index in [4.69, 9.17) is 21.1 Å². The highest BCUT2D eigenvalue weighted by molar-refractivity contribution is 7.99. The summed E-state index contributed by atoms with van der Waals surface area (Å²) in [7, 11) is 3.24. The molecule has 0 bridgehead atoms. The smallest absolute Gasteiger partial charge is 0.190 e. The largest absolute Gasteiger partial charge is 0.493 e. The number of fused-ring (bicyclic) bond motifs is 1. The molecule has 23 heavy (non-hydrogen) atoms. The molecule has 2 heterocycles. The van der Waals surface area contributed by atoms with Crippen LogP contribution in [0.2, 0.25) is 5.15 Å². The molecule has 0 atom stereocenters. The first-order valence-electron chi connectivity index (χ1n) is 6.97. The Labute approximate surface area is 147 Å². The number of halogens is 1. The van der Waals surface area contributed by atoms with Gasteiger partial charge in [-0.3, -0.25) is 0 Å². The van der Waals surface area contributed by atoms with Crippen molar-refractivity contribution in [2.45, 2.75) is 12.1 Å². The molecule has 4 nitrogen and oxygen atoms in total. The lowest BCUT2D eigenvalue weighted by molar-refractivity contribution is 0.355. The zero-order valence-electron chi connectivity index (χ0n) is 12.9. The summed E-state index contributed by atoms with van der Waals surface area (Å²) in [4.78, 5) is 9.87. The molecule has 7 heteroatoms. The van der Waals surface area contributed by atoms with Gasteiger partial charge in [0.2, 0.25) is 0 Å². The fourth-order valence-corrected chi connectivity index (χ4v) is 4.24. The molecule has 0 aliphatic carbocycles. The molecule has 120 valence electrons. The van der Waals surface area contributed by atoms with E-state index in [1.165, 1.54) is 0 Å². The summed E-state index contributed by atoms with van der Waals surface area (Å²) in [6, 6.07) is 5.80. The fraction of sp³-hybridized carbons (Fsp3) is 0.250. The van der Waals surface area contributed by atoms with Crippen LogP contribution in [0.5, 0.6) is 11.5 Å². The van der Waals surface area contributed by atoms with Crippen molar-refractivity contribution in [1.82, 2.24) is 9.97 Å². The number of benzene rings is 1. The maximum Gasteiger partial charge on any atom is 0.190 e. The Morgan fingerprint density at radius 3 is 2.65 bits per heavy atom. The zero-order valence-corrected chi connectivity index (χ0v) is 15.3. The van der Waals surface area contributed by atoms with Gasteiger partial charge in [0.15, 0.2) is 16.7 Å². The number of hydrogen-bond donors (Lipinski definition) is 0. The van der Waals surface area contributed by atoms with E-state index in [0.29, 0.717) is 21.8 Å². The number of ether oxygens (including phenoxy) is 2. The monoisotopic (exact) mass is 366 g/mol. The van der Waals surface area contributed by atoms with E-state index < -0.39 is 0 Å². The topological polar surface area (TPSA) is 44.2 Å². The zero-order chi connectivity index (χ0) is 16.4. The van der Waals surface area contributed by atoms with Crippen LogP contribution in [0.1, 0.15) is 6.92 Å². The van der Waals surface area contributed by atoms with Gasteiger partial charge in [0, 0.05) is 10.9 Å². The molecule has 0 radical (unpaired) electrons. The first kappa shape index (κ1) is 16.4. The number of aromatic nitrogens is 2. The summed E-state index contributed by atoms with van der Waals surface area (Å²) in [5, 5.41) is 4.12. The number of hydrogen-bond acceptors (Lipinski definition) is 6. The van der Waals surface area contributed by atoms with Crippen LogP contribution >= 0.6 is 34.7 Å². The summed E-state index contributed by atoms with van der Waals surface area (Å²) in [5.41, 5.74) is 2.00. The minimum absolute atomic E-state index is 0.483. The van der Waals surface area contributed by atoms with Crippen molar-refractivity contribution in [3.63, 3.8) is 0 Å². The molecule has 0 saturated carbocycles. The van der Waals surface area contributed by atoms with Crippen molar-refractivity contribution in [2.24, 2.45) is 0 Å². The molecule has 3 rings (SSSR count). The van der Waals surface area contributed by atoms with Crippen molar-refractivity contribution in [2.75, 3.05) is 20.0 Å². The predicted octanol–water partition coefficient (Wildman–Crippen LogP) is 5.14. The summed E-state index contributed by atoms with van der Waals surface area (Å²) in [6.45, 7) is 2.07. The van der Waals surface area contributed by atoms with E-state index in [2.05, 4.69) is 16.9 Å². The van der Waals surface area contributed by atoms with Crippen molar-refractivity contribution in [1.29, 1.82) is 0 Å². The first-order chi connectivity index (χ1) is 11.2. The number of thiophene rings is 1. The molecular formula is C16H15ClN2O2S2. The van der Waals surface area contributed by atoms with Crippen LogP contribution in [0.15, 0.2) is 28.7 Å². The summed E-state index contributed by atoms with van der Waals surface area (Å²) >= 11 is 9.56. The predicted molar refractivity (Wildman–Crippen MR) is 97.4 cm³/mol. The molecule has 3 aromatic rings. The molecule has 0 saturated heterocycles. The van der Waals surface area contributed by atoms with Gasteiger partial charge in [-0.1, -0.05) is 36.4 Å². The Kier molecular flexibility index (Phi) is 4.94. The number of rotatable bonds is 5. The second-order valence-corrected chi connectivity index (χ2v) is 7.08. The molecular weight excluding hydrogens is 352 g/mol. The molecule has 0 N–H and O–H groups in total. The van der Waals surface area contributed by atoms with Gasteiger partial charge in [-0.15, -0.1) is 11.3 Å². The van der Waals surface area contributed by atoms with Crippen LogP contribution in [0.25, 0.3) is 21.3 Å². The standard InChI is InChI=1S/C16H15ClN2O2S2/c1-4-22-16-18-14(17)13-10(8-23-15(13)19-16)9-5-6-11(20-2)12(7-9)21-3/h5-8H,4H2,1-3H3. The SMILES string of the molecule is CCSc1nc(Cl)c2c(-c3ccc(OC)c(OC)c3)csc2n1. The summed E-state index contributed by atoms with van der Waals surface area (Å²) < 4.78 is 10.7. The average molecular weight is 367 g/mol. The normalized spacial score (nSPS) is 11.0. The molecule has 0 aliphatic rings. The Morgan fingerprint density at radius 1 is 1.17 bits per heavy atom. The van der Waals surface area contributed by atoms with Crippen LogP contribution < -0.4 is 9.47 Å². The summed E-state index contributed by atoms with van der Waals surface area (Å²) in [5.74, 6) is 2.29. The fourth-order valence-electron chi connectivity index (χ4n) is 2.29. The minimum Gasteiger partial charge on any atom is -0.493 e. The third-order valence-corrected chi connectivity index (χ3v) is 5.21. The molecule has 0 fully saturated rings. The molecule has 0 spiro atoms. The Balaban J connectivity index is 2.14. The van der Waals surface area contributed by atoms with Crippen LogP contribution in [0, 0.1) is 0 Å². The van der Waals surface area contributed by atoms with E-state index in [-0.39, 0.29) is 0 Å². The third-order valence-electron chi connectivity index (χ3n) is 3.34. The lowest BCUT2D eigenvalue weighted by atomic mass is 10.1. The van der Waals surface area contributed by atoms with Gasteiger partial charge < -0.3 is 9.47 Å². The highest BCUT2D eigenvalue weighted by Crippen LogP contribution is 2.40. The van der Waals surface area contributed by atoms with Crippen LogP contribution in [-0.4, -0.2) is 29.9 Å². The first-order valence-corrected chi connectivity index (χ1v) is 9.22. The molecule has 0 unspecified atom stereocenters. The lowest BCUT2D eigenvalue weighted by Gasteiger charge is -2.09. The van der Waals surface area contributed by atoms with Gasteiger partial charge in [0.1, 0.15) is 9.98 Å². The number of thioether (sulfide) groups is 1. The van der Waals surface area contributed by atoms with Gasteiger partial charge in [-0.05, 0) is 23.4 Å². The van der Waals surface area contributed by atoms with Crippen molar-refractivity contribution < 1.29 is 9.47 Å². The van der Waals surface area contributed by atoms with E-state index in [1.54, 1.807) is 37.3 Å².